The van der Waals surface area contributed by atoms with E-state index in [-0.39, 0.29) is 11.9 Å². The molecule has 0 saturated carbocycles. The number of rotatable bonds is 3. The average Bonchev–Trinajstić information content (AvgIpc) is 2.26. The SMILES string of the molecule is CC(=O)NC1CC2CCCC(=O)N2C(CC(C)C)C1. The number of hydrogen-bond acceptors (Lipinski definition) is 2. The summed E-state index contributed by atoms with van der Waals surface area (Å²) >= 11 is 0. The molecule has 19 heavy (non-hydrogen) atoms. The van der Waals surface area contributed by atoms with Gasteiger partial charge in [-0.2, -0.15) is 0 Å². The van der Waals surface area contributed by atoms with Gasteiger partial charge in [0.05, 0.1) is 0 Å². The first-order valence-corrected chi connectivity index (χ1v) is 7.55. The second kappa shape index (κ2) is 5.93. The summed E-state index contributed by atoms with van der Waals surface area (Å²) in [4.78, 5) is 25.6. The largest absolute Gasteiger partial charge is 0.353 e. The lowest BCUT2D eigenvalue weighted by atomic mass is 9.82. The van der Waals surface area contributed by atoms with E-state index < -0.39 is 0 Å². The van der Waals surface area contributed by atoms with Crippen molar-refractivity contribution in [2.24, 2.45) is 5.92 Å². The molecule has 0 spiro atoms. The summed E-state index contributed by atoms with van der Waals surface area (Å²) in [5.41, 5.74) is 0. The minimum atomic E-state index is 0.0453. The number of nitrogens with zero attached hydrogens (tertiary/aromatic N) is 1. The van der Waals surface area contributed by atoms with Gasteiger partial charge >= 0.3 is 0 Å². The standard InChI is InChI=1S/C15H26N2O2/c1-10(2)7-14-9-12(16-11(3)18)8-13-5-4-6-15(19)17(13)14/h10,12-14H,4-9H2,1-3H3,(H,16,18). The number of nitrogens with one attached hydrogen (secondary N) is 1. The van der Waals surface area contributed by atoms with Gasteiger partial charge in [0.15, 0.2) is 0 Å². The molecule has 2 amide bonds. The number of amides is 2. The van der Waals surface area contributed by atoms with E-state index in [0.29, 0.717) is 30.3 Å². The Morgan fingerprint density at radius 2 is 2.16 bits per heavy atom. The molecule has 4 nitrogen and oxygen atoms in total. The first-order chi connectivity index (χ1) is 8.97. The Labute approximate surface area is 115 Å². The fraction of sp³-hybridized carbons (Fsp3) is 0.867. The lowest BCUT2D eigenvalue weighted by Crippen LogP contribution is -2.58. The van der Waals surface area contributed by atoms with Crippen LogP contribution in [-0.4, -0.2) is 34.8 Å². The molecule has 0 aliphatic carbocycles. The molecule has 3 unspecified atom stereocenters. The van der Waals surface area contributed by atoms with Crippen LogP contribution in [0.25, 0.3) is 0 Å². The molecule has 2 saturated heterocycles. The van der Waals surface area contributed by atoms with Crippen molar-refractivity contribution in [3.05, 3.63) is 0 Å². The molecule has 0 bridgehead atoms. The molecule has 2 heterocycles. The molecule has 108 valence electrons. The van der Waals surface area contributed by atoms with E-state index in [1.54, 1.807) is 6.92 Å². The minimum Gasteiger partial charge on any atom is -0.353 e. The highest BCUT2D eigenvalue weighted by atomic mass is 16.2. The number of hydrogen-bond donors (Lipinski definition) is 1. The van der Waals surface area contributed by atoms with Gasteiger partial charge in [-0.15, -0.1) is 0 Å². The maximum atomic E-state index is 12.2. The van der Waals surface area contributed by atoms with Gasteiger partial charge in [-0.25, -0.2) is 0 Å². The van der Waals surface area contributed by atoms with Gasteiger partial charge in [-0.3, -0.25) is 9.59 Å². The van der Waals surface area contributed by atoms with Gasteiger partial charge in [0.1, 0.15) is 0 Å². The van der Waals surface area contributed by atoms with Crippen LogP contribution in [0.1, 0.15) is 59.3 Å². The summed E-state index contributed by atoms with van der Waals surface area (Å²) in [6.45, 7) is 5.98. The molecule has 2 aliphatic rings. The van der Waals surface area contributed by atoms with E-state index in [0.717, 1.165) is 32.1 Å². The second-order valence-corrected chi connectivity index (χ2v) is 6.50. The first kappa shape index (κ1) is 14.4. The summed E-state index contributed by atoms with van der Waals surface area (Å²) in [6, 6.07) is 0.896. The quantitative estimate of drug-likeness (QED) is 0.850. The summed E-state index contributed by atoms with van der Waals surface area (Å²) in [5.74, 6) is 0.948. The minimum absolute atomic E-state index is 0.0453. The van der Waals surface area contributed by atoms with Crippen LogP contribution in [0.15, 0.2) is 0 Å². The van der Waals surface area contributed by atoms with Crippen molar-refractivity contribution in [1.29, 1.82) is 0 Å². The zero-order valence-electron chi connectivity index (χ0n) is 12.3. The summed E-state index contributed by atoms with van der Waals surface area (Å²) in [5, 5.41) is 3.06. The summed E-state index contributed by atoms with van der Waals surface area (Å²) < 4.78 is 0. The van der Waals surface area contributed by atoms with Crippen molar-refractivity contribution in [3.8, 4) is 0 Å². The van der Waals surface area contributed by atoms with E-state index in [9.17, 15) is 9.59 Å². The number of carbonyl (C=O) groups is 2. The van der Waals surface area contributed by atoms with Gasteiger partial charge in [-0.05, 0) is 38.0 Å². The molecular formula is C15H26N2O2. The molecule has 4 heteroatoms. The van der Waals surface area contributed by atoms with E-state index >= 15 is 0 Å². The van der Waals surface area contributed by atoms with Crippen molar-refractivity contribution in [2.45, 2.75) is 77.4 Å². The molecule has 1 N–H and O–H groups in total. The van der Waals surface area contributed by atoms with Gasteiger partial charge in [0, 0.05) is 31.5 Å². The van der Waals surface area contributed by atoms with Crippen molar-refractivity contribution in [3.63, 3.8) is 0 Å². The lowest BCUT2D eigenvalue weighted by molar-refractivity contribution is -0.143. The average molecular weight is 266 g/mol. The molecule has 0 aromatic rings. The van der Waals surface area contributed by atoms with Crippen LogP contribution in [0.2, 0.25) is 0 Å². The van der Waals surface area contributed by atoms with E-state index in [4.69, 9.17) is 0 Å². The molecule has 2 fully saturated rings. The molecule has 2 aliphatic heterocycles. The predicted molar refractivity (Wildman–Crippen MR) is 74.6 cm³/mol. The molecule has 0 radical (unpaired) electrons. The van der Waals surface area contributed by atoms with Crippen LogP contribution in [0, 0.1) is 5.92 Å². The summed E-state index contributed by atoms with van der Waals surface area (Å²) in [6.07, 6.45) is 5.69. The van der Waals surface area contributed by atoms with Gasteiger partial charge in [-0.1, -0.05) is 13.8 Å². The third-order valence-electron chi connectivity index (χ3n) is 4.27. The zero-order chi connectivity index (χ0) is 14.0. The van der Waals surface area contributed by atoms with Crippen LogP contribution >= 0.6 is 0 Å². The third-order valence-corrected chi connectivity index (χ3v) is 4.27. The van der Waals surface area contributed by atoms with Crippen molar-refractivity contribution in [2.75, 3.05) is 0 Å². The van der Waals surface area contributed by atoms with Gasteiger partial charge < -0.3 is 10.2 Å². The maximum Gasteiger partial charge on any atom is 0.223 e. The highest BCUT2D eigenvalue weighted by Gasteiger charge is 2.40. The fourth-order valence-corrected chi connectivity index (χ4v) is 3.72. The lowest BCUT2D eigenvalue weighted by Gasteiger charge is -2.48. The van der Waals surface area contributed by atoms with Gasteiger partial charge in [0.2, 0.25) is 11.8 Å². The third kappa shape index (κ3) is 3.48. The van der Waals surface area contributed by atoms with E-state index in [1.165, 1.54) is 0 Å². The molecule has 0 aromatic heterocycles. The first-order valence-electron chi connectivity index (χ1n) is 7.55. The molecule has 3 atom stereocenters. The smallest absolute Gasteiger partial charge is 0.223 e. The molecule has 2 rings (SSSR count). The summed E-state index contributed by atoms with van der Waals surface area (Å²) in [7, 11) is 0. The Bertz CT molecular complexity index is 354. The Balaban J connectivity index is 2.10. The highest BCUT2D eigenvalue weighted by Crippen LogP contribution is 2.33. The number of piperidine rings is 2. The monoisotopic (exact) mass is 266 g/mol. The molecular weight excluding hydrogens is 240 g/mol. The number of fused-ring (bicyclic) bond motifs is 1. The van der Waals surface area contributed by atoms with Gasteiger partial charge in [0.25, 0.3) is 0 Å². The Morgan fingerprint density at radius 1 is 1.42 bits per heavy atom. The molecule has 0 aromatic carbocycles. The highest BCUT2D eigenvalue weighted by molar-refractivity contribution is 5.78. The topological polar surface area (TPSA) is 49.4 Å². The van der Waals surface area contributed by atoms with Crippen LogP contribution in [0.5, 0.6) is 0 Å². The second-order valence-electron chi connectivity index (χ2n) is 6.50. The fourth-order valence-electron chi connectivity index (χ4n) is 3.72. The number of carbonyl (C=O) groups excluding carboxylic acids is 2. The van der Waals surface area contributed by atoms with Crippen molar-refractivity contribution in [1.82, 2.24) is 10.2 Å². The van der Waals surface area contributed by atoms with E-state index in [1.807, 2.05) is 0 Å². The maximum absolute atomic E-state index is 12.2. The van der Waals surface area contributed by atoms with Crippen LogP contribution in [0.4, 0.5) is 0 Å². The van der Waals surface area contributed by atoms with Crippen LogP contribution in [0.3, 0.4) is 0 Å². The zero-order valence-corrected chi connectivity index (χ0v) is 12.3. The van der Waals surface area contributed by atoms with Crippen LogP contribution in [-0.2, 0) is 9.59 Å². The Kier molecular flexibility index (Phi) is 4.48. The van der Waals surface area contributed by atoms with Crippen LogP contribution < -0.4 is 5.32 Å². The predicted octanol–water partition coefficient (Wildman–Crippen LogP) is 2.08. The van der Waals surface area contributed by atoms with Crippen molar-refractivity contribution < 1.29 is 9.59 Å². The van der Waals surface area contributed by atoms with Crippen molar-refractivity contribution >= 4 is 11.8 Å². The van der Waals surface area contributed by atoms with E-state index in [2.05, 4.69) is 24.1 Å². The Morgan fingerprint density at radius 3 is 2.79 bits per heavy atom. The Hall–Kier alpha value is -1.06. The normalized spacial score (nSPS) is 31.3.